The Balaban J connectivity index is 3.73. The minimum Gasteiger partial charge on any atom is -0.389 e. The van der Waals surface area contributed by atoms with Gasteiger partial charge in [-0.05, 0) is 19.8 Å². The van der Waals surface area contributed by atoms with Crippen LogP contribution in [-0.2, 0) is 9.47 Å². The van der Waals surface area contributed by atoms with Gasteiger partial charge < -0.3 is 19.9 Å². The van der Waals surface area contributed by atoms with E-state index in [2.05, 4.69) is 19.2 Å². The Kier molecular flexibility index (Phi) is 9.92. The first-order valence-corrected chi connectivity index (χ1v) is 6.18. The highest BCUT2D eigenvalue weighted by Gasteiger charge is 2.14. The first-order valence-electron chi connectivity index (χ1n) is 6.18. The molecule has 0 aliphatic carbocycles. The monoisotopic (exact) mass is 233 g/mol. The van der Waals surface area contributed by atoms with Gasteiger partial charge in [0.15, 0.2) is 0 Å². The fraction of sp³-hybridized carbons (Fsp3) is 1.00. The van der Waals surface area contributed by atoms with Crippen LogP contribution in [0.3, 0.4) is 0 Å². The molecule has 0 aliphatic rings. The Morgan fingerprint density at radius 2 is 1.62 bits per heavy atom. The van der Waals surface area contributed by atoms with Gasteiger partial charge in [0.05, 0.1) is 19.3 Å². The molecule has 0 aromatic rings. The number of ether oxygens (including phenoxy) is 2. The van der Waals surface area contributed by atoms with Crippen molar-refractivity contribution in [2.24, 2.45) is 5.92 Å². The number of nitrogens with one attached hydrogen (secondary N) is 1. The fourth-order valence-corrected chi connectivity index (χ4v) is 1.33. The van der Waals surface area contributed by atoms with Gasteiger partial charge in [0.2, 0.25) is 0 Å². The Hall–Kier alpha value is -0.160. The van der Waals surface area contributed by atoms with Crippen molar-refractivity contribution in [3.63, 3.8) is 0 Å². The van der Waals surface area contributed by atoms with Crippen LogP contribution in [0.15, 0.2) is 0 Å². The normalized spacial score (nSPS) is 15.4. The van der Waals surface area contributed by atoms with Crippen molar-refractivity contribution in [1.82, 2.24) is 5.32 Å². The van der Waals surface area contributed by atoms with Gasteiger partial charge >= 0.3 is 0 Å². The van der Waals surface area contributed by atoms with Crippen molar-refractivity contribution in [2.45, 2.75) is 39.8 Å². The summed E-state index contributed by atoms with van der Waals surface area (Å²) in [4.78, 5) is 0. The van der Waals surface area contributed by atoms with Crippen LogP contribution in [0.1, 0.15) is 27.7 Å². The van der Waals surface area contributed by atoms with Crippen molar-refractivity contribution in [3.8, 4) is 0 Å². The van der Waals surface area contributed by atoms with Crippen molar-refractivity contribution in [2.75, 3.05) is 33.0 Å². The average molecular weight is 233 g/mol. The van der Waals surface area contributed by atoms with E-state index in [1.54, 1.807) is 0 Å². The summed E-state index contributed by atoms with van der Waals surface area (Å²) in [7, 11) is 0. The lowest BCUT2D eigenvalue weighted by Crippen LogP contribution is -2.43. The maximum atomic E-state index is 9.61. The Morgan fingerprint density at radius 1 is 1.06 bits per heavy atom. The molecule has 0 fully saturated rings. The molecule has 16 heavy (non-hydrogen) atoms. The van der Waals surface area contributed by atoms with Crippen LogP contribution in [0.4, 0.5) is 0 Å². The summed E-state index contributed by atoms with van der Waals surface area (Å²) >= 11 is 0. The van der Waals surface area contributed by atoms with Crippen LogP contribution in [0, 0.1) is 5.92 Å². The minimum atomic E-state index is -0.442. The largest absolute Gasteiger partial charge is 0.389 e. The van der Waals surface area contributed by atoms with E-state index < -0.39 is 6.10 Å². The molecule has 98 valence electrons. The molecule has 0 saturated heterocycles. The molecule has 4 heteroatoms. The van der Waals surface area contributed by atoms with Crippen LogP contribution in [-0.4, -0.2) is 50.2 Å². The first-order chi connectivity index (χ1) is 7.61. The van der Waals surface area contributed by atoms with E-state index in [9.17, 15) is 5.11 Å². The number of rotatable bonds is 10. The highest BCUT2D eigenvalue weighted by atomic mass is 16.5. The van der Waals surface area contributed by atoms with E-state index in [0.717, 1.165) is 6.61 Å². The Bertz CT molecular complexity index is 153. The molecular weight excluding hydrogens is 206 g/mol. The summed E-state index contributed by atoms with van der Waals surface area (Å²) in [5.41, 5.74) is 0. The molecule has 0 rings (SSSR count). The molecule has 0 heterocycles. The van der Waals surface area contributed by atoms with Gasteiger partial charge in [-0.2, -0.15) is 0 Å². The van der Waals surface area contributed by atoms with E-state index in [-0.39, 0.29) is 6.04 Å². The van der Waals surface area contributed by atoms with E-state index in [1.165, 1.54) is 0 Å². The quantitative estimate of drug-likeness (QED) is 0.592. The van der Waals surface area contributed by atoms with E-state index in [0.29, 0.717) is 32.3 Å². The zero-order valence-electron chi connectivity index (χ0n) is 11.0. The van der Waals surface area contributed by atoms with Crippen molar-refractivity contribution in [1.29, 1.82) is 0 Å². The van der Waals surface area contributed by atoms with Gasteiger partial charge in [0.25, 0.3) is 0 Å². The first kappa shape index (κ1) is 15.8. The lowest BCUT2D eigenvalue weighted by molar-refractivity contribution is 0.0358. The lowest BCUT2D eigenvalue weighted by Gasteiger charge is -2.23. The van der Waals surface area contributed by atoms with E-state index in [4.69, 9.17) is 9.47 Å². The Morgan fingerprint density at radius 3 is 2.12 bits per heavy atom. The number of aliphatic hydroxyl groups is 1. The molecule has 4 nitrogen and oxygen atoms in total. The van der Waals surface area contributed by atoms with Gasteiger partial charge in [-0.15, -0.1) is 0 Å². The van der Waals surface area contributed by atoms with Gasteiger partial charge in [-0.3, -0.25) is 0 Å². The summed E-state index contributed by atoms with van der Waals surface area (Å²) in [5, 5.41) is 12.9. The maximum absolute atomic E-state index is 9.61. The second-order valence-electron chi connectivity index (χ2n) is 4.23. The molecule has 0 bridgehead atoms. The topological polar surface area (TPSA) is 50.7 Å². The number of hydrogen-bond donors (Lipinski definition) is 2. The molecule has 0 radical (unpaired) electrons. The van der Waals surface area contributed by atoms with Crippen molar-refractivity contribution >= 4 is 0 Å². The Labute approximate surface area is 99.3 Å². The summed E-state index contributed by atoms with van der Waals surface area (Å²) in [6, 6.07) is 0.288. The number of hydrogen-bond acceptors (Lipinski definition) is 4. The van der Waals surface area contributed by atoms with Crippen LogP contribution >= 0.6 is 0 Å². The third kappa shape index (κ3) is 8.05. The second-order valence-corrected chi connectivity index (χ2v) is 4.23. The molecular formula is C12H27NO3. The standard InChI is InChI=1S/C12H27NO3/c1-5-15-8-11(14)7-13-12(10(3)4)9-16-6-2/h10-14H,5-9H2,1-4H3. The zero-order chi connectivity index (χ0) is 12.4. The number of aliphatic hydroxyl groups excluding tert-OH is 1. The third-order valence-electron chi connectivity index (χ3n) is 2.44. The molecule has 0 aliphatic heterocycles. The van der Waals surface area contributed by atoms with E-state index >= 15 is 0 Å². The maximum Gasteiger partial charge on any atom is 0.0897 e. The zero-order valence-corrected chi connectivity index (χ0v) is 11.0. The molecule has 0 aromatic carbocycles. The van der Waals surface area contributed by atoms with Crippen LogP contribution in [0.5, 0.6) is 0 Å². The average Bonchev–Trinajstić information content (AvgIpc) is 2.25. The molecule has 0 aromatic heterocycles. The van der Waals surface area contributed by atoms with Crippen LogP contribution in [0.25, 0.3) is 0 Å². The molecule has 2 atom stereocenters. The summed E-state index contributed by atoms with van der Waals surface area (Å²) in [6.07, 6.45) is -0.442. The molecule has 0 amide bonds. The predicted molar refractivity (Wildman–Crippen MR) is 65.6 cm³/mol. The molecule has 2 N–H and O–H groups in total. The summed E-state index contributed by atoms with van der Waals surface area (Å²) < 4.78 is 10.5. The smallest absolute Gasteiger partial charge is 0.0897 e. The van der Waals surface area contributed by atoms with E-state index in [1.807, 2.05) is 13.8 Å². The van der Waals surface area contributed by atoms with Gasteiger partial charge in [-0.1, -0.05) is 13.8 Å². The van der Waals surface area contributed by atoms with Gasteiger partial charge in [-0.25, -0.2) is 0 Å². The highest BCUT2D eigenvalue weighted by Crippen LogP contribution is 2.02. The molecule has 0 saturated carbocycles. The molecule has 0 spiro atoms. The SMILES string of the molecule is CCOCC(O)CNC(COCC)C(C)C. The highest BCUT2D eigenvalue weighted by molar-refractivity contribution is 4.72. The fourth-order valence-electron chi connectivity index (χ4n) is 1.33. The third-order valence-corrected chi connectivity index (χ3v) is 2.44. The minimum absolute atomic E-state index is 0.288. The summed E-state index contributed by atoms with van der Waals surface area (Å²) in [5.74, 6) is 0.492. The van der Waals surface area contributed by atoms with Crippen molar-refractivity contribution in [3.05, 3.63) is 0 Å². The lowest BCUT2D eigenvalue weighted by atomic mass is 10.1. The van der Waals surface area contributed by atoms with Gasteiger partial charge in [0, 0.05) is 25.8 Å². The van der Waals surface area contributed by atoms with Gasteiger partial charge in [0.1, 0.15) is 0 Å². The molecule has 2 unspecified atom stereocenters. The predicted octanol–water partition coefficient (Wildman–Crippen LogP) is 1.03. The van der Waals surface area contributed by atoms with Crippen LogP contribution in [0.2, 0.25) is 0 Å². The van der Waals surface area contributed by atoms with Crippen molar-refractivity contribution < 1.29 is 14.6 Å². The summed E-state index contributed by atoms with van der Waals surface area (Å²) in [6.45, 7) is 11.2. The van der Waals surface area contributed by atoms with Crippen LogP contribution < -0.4 is 5.32 Å². The second kappa shape index (κ2) is 10.0.